The molecule has 1 aliphatic carbocycles. The maximum absolute atomic E-state index is 12.1. The van der Waals surface area contributed by atoms with Crippen molar-refractivity contribution < 1.29 is 4.79 Å². The number of carbonyl (C=O) groups is 1. The van der Waals surface area contributed by atoms with E-state index in [4.69, 9.17) is 11.6 Å². The van der Waals surface area contributed by atoms with Crippen molar-refractivity contribution in [1.82, 2.24) is 5.32 Å². The van der Waals surface area contributed by atoms with Crippen LogP contribution in [0.25, 0.3) is 0 Å². The molecule has 1 N–H and O–H groups in total. The van der Waals surface area contributed by atoms with Gasteiger partial charge in [-0.2, -0.15) is 0 Å². The zero-order valence-corrected chi connectivity index (χ0v) is 12.6. The minimum Gasteiger partial charge on any atom is -0.356 e. The molecule has 1 atom stereocenters. The number of halogens is 1. The lowest BCUT2D eigenvalue weighted by Crippen LogP contribution is -2.36. The Morgan fingerprint density at radius 1 is 1.28 bits per heavy atom. The van der Waals surface area contributed by atoms with Crippen LogP contribution in [-0.4, -0.2) is 18.3 Å². The second-order valence-corrected chi connectivity index (χ2v) is 6.21. The minimum absolute atomic E-state index is 0.263. The number of rotatable bonds is 7. The van der Waals surface area contributed by atoms with Crippen LogP contribution in [0, 0.1) is 17.8 Å². The van der Waals surface area contributed by atoms with E-state index in [0.29, 0.717) is 11.8 Å². The zero-order chi connectivity index (χ0) is 13.4. The molecule has 0 heterocycles. The zero-order valence-electron chi connectivity index (χ0n) is 11.9. The summed E-state index contributed by atoms with van der Waals surface area (Å²) in [4.78, 5) is 12.1. The van der Waals surface area contributed by atoms with E-state index in [1.54, 1.807) is 0 Å². The Labute approximate surface area is 117 Å². The number of hydrogen-bond acceptors (Lipinski definition) is 1. The molecule has 0 saturated heterocycles. The molecule has 1 fully saturated rings. The number of hydrogen-bond donors (Lipinski definition) is 1. The van der Waals surface area contributed by atoms with Gasteiger partial charge in [-0.15, -0.1) is 11.6 Å². The van der Waals surface area contributed by atoms with E-state index in [2.05, 4.69) is 19.2 Å². The smallest absolute Gasteiger partial charge is 0.223 e. The molecule has 2 nitrogen and oxygen atoms in total. The topological polar surface area (TPSA) is 29.1 Å². The van der Waals surface area contributed by atoms with Crippen molar-refractivity contribution in [2.24, 2.45) is 17.8 Å². The predicted molar refractivity (Wildman–Crippen MR) is 77.9 cm³/mol. The molecule has 1 unspecified atom stereocenters. The lowest BCUT2D eigenvalue weighted by atomic mass is 9.82. The summed E-state index contributed by atoms with van der Waals surface area (Å²) in [5, 5.41) is 3.14. The molecule has 0 radical (unpaired) electrons. The first-order chi connectivity index (χ1) is 8.67. The van der Waals surface area contributed by atoms with E-state index >= 15 is 0 Å². The molecule has 0 spiro atoms. The summed E-state index contributed by atoms with van der Waals surface area (Å²) in [6.07, 6.45) is 7.89. The van der Waals surface area contributed by atoms with Gasteiger partial charge in [0, 0.05) is 18.3 Å². The molecule has 0 bridgehead atoms. The lowest BCUT2D eigenvalue weighted by molar-refractivity contribution is -0.126. The molecule has 1 rings (SSSR count). The number of carbonyl (C=O) groups excluding carboxylic acids is 1. The second kappa shape index (κ2) is 8.79. The SMILES string of the molecule is CCCC(CCCl)CNC(=O)C1CCC(C)CC1. The van der Waals surface area contributed by atoms with Crippen LogP contribution in [0.1, 0.15) is 58.8 Å². The standard InChI is InChI=1S/C15H28ClNO/c1-3-4-13(9-10-16)11-17-15(18)14-7-5-12(2)6-8-14/h12-14H,3-11H2,1-2H3,(H,17,18). The van der Waals surface area contributed by atoms with E-state index in [1.807, 2.05) is 0 Å². The normalized spacial score (nSPS) is 25.7. The van der Waals surface area contributed by atoms with E-state index in [1.165, 1.54) is 19.3 Å². The number of alkyl halides is 1. The van der Waals surface area contributed by atoms with Crippen molar-refractivity contribution in [2.75, 3.05) is 12.4 Å². The van der Waals surface area contributed by atoms with Gasteiger partial charge in [-0.25, -0.2) is 0 Å². The van der Waals surface area contributed by atoms with Crippen molar-refractivity contribution in [3.05, 3.63) is 0 Å². The van der Waals surface area contributed by atoms with Crippen LogP contribution < -0.4 is 5.32 Å². The van der Waals surface area contributed by atoms with E-state index in [0.717, 1.165) is 38.1 Å². The fourth-order valence-corrected chi connectivity index (χ4v) is 3.13. The van der Waals surface area contributed by atoms with Crippen molar-refractivity contribution in [3.63, 3.8) is 0 Å². The molecule has 18 heavy (non-hydrogen) atoms. The summed E-state index contributed by atoms with van der Waals surface area (Å²) in [5.41, 5.74) is 0. The van der Waals surface area contributed by atoms with Crippen LogP contribution >= 0.6 is 11.6 Å². The van der Waals surface area contributed by atoms with E-state index in [9.17, 15) is 4.79 Å². The molecule has 0 aromatic rings. The minimum atomic E-state index is 0.263. The predicted octanol–water partition coefficient (Wildman–Crippen LogP) is 3.97. The van der Waals surface area contributed by atoms with Crippen LogP contribution in [0.4, 0.5) is 0 Å². The molecule has 106 valence electrons. The summed E-state index contributed by atoms with van der Waals surface area (Å²) < 4.78 is 0. The van der Waals surface area contributed by atoms with Crippen LogP contribution in [0.2, 0.25) is 0 Å². The Bertz CT molecular complexity index is 231. The Kier molecular flexibility index (Phi) is 7.73. The molecule has 3 heteroatoms. The van der Waals surface area contributed by atoms with Crippen molar-refractivity contribution in [3.8, 4) is 0 Å². The molecular weight excluding hydrogens is 246 g/mol. The second-order valence-electron chi connectivity index (χ2n) is 5.83. The fourth-order valence-electron chi connectivity index (χ4n) is 2.82. The molecule has 1 amide bonds. The van der Waals surface area contributed by atoms with Gasteiger partial charge in [-0.05, 0) is 50.4 Å². The van der Waals surface area contributed by atoms with Crippen LogP contribution in [-0.2, 0) is 4.79 Å². The van der Waals surface area contributed by atoms with E-state index < -0.39 is 0 Å². The first kappa shape index (κ1) is 15.8. The lowest BCUT2D eigenvalue weighted by Gasteiger charge is -2.26. The van der Waals surface area contributed by atoms with Gasteiger partial charge in [0.15, 0.2) is 0 Å². The Morgan fingerprint density at radius 2 is 1.94 bits per heavy atom. The van der Waals surface area contributed by atoms with Gasteiger partial charge in [0.1, 0.15) is 0 Å². The van der Waals surface area contributed by atoms with Crippen LogP contribution in [0.15, 0.2) is 0 Å². The van der Waals surface area contributed by atoms with Gasteiger partial charge in [0.25, 0.3) is 0 Å². The highest BCUT2D eigenvalue weighted by molar-refractivity contribution is 6.17. The maximum Gasteiger partial charge on any atom is 0.223 e. The molecular formula is C15H28ClNO. The third kappa shape index (κ3) is 5.60. The highest BCUT2D eigenvalue weighted by atomic mass is 35.5. The largest absolute Gasteiger partial charge is 0.356 e. The maximum atomic E-state index is 12.1. The molecule has 0 aromatic carbocycles. The summed E-state index contributed by atoms with van der Waals surface area (Å²) in [6, 6.07) is 0. The van der Waals surface area contributed by atoms with Crippen LogP contribution in [0.5, 0.6) is 0 Å². The number of nitrogens with one attached hydrogen (secondary N) is 1. The Balaban J connectivity index is 2.26. The highest BCUT2D eigenvalue weighted by Gasteiger charge is 2.24. The fraction of sp³-hybridized carbons (Fsp3) is 0.933. The number of amides is 1. The monoisotopic (exact) mass is 273 g/mol. The van der Waals surface area contributed by atoms with Gasteiger partial charge in [0.05, 0.1) is 0 Å². The Morgan fingerprint density at radius 3 is 2.50 bits per heavy atom. The van der Waals surface area contributed by atoms with Gasteiger partial charge < -0.3 is 5.32 Å². The first-order valence-electron chi connectivity index (χ1n) is 7.51. The quantitative estimate of drug-likeness (QED) is 0.699. The van der Waals surface area contributed by atoms with Gasteiger partial charge in [-0.3, -0.25) is 4.79 Å². The summed E-state index contributed by atoms with van der Waals surface area (Å²) >= 11 is 5.80. The summed E-state index contributed by atoms with van der Waals surface area (Å²) in [6.45, 7) is 5.28. The first-order valence-corrected chi connectivity index (χ1v) is 8.04. The average molecular weight is 274 g/mol. The van der Waals surface area contributed by atoms with Crippen LogP contribution in [0.3, 0.4) is 0 Å². The highest BCUT2D eigenvalue weighted by Crippen LogP contribution is 2.28. The van der Waals surface area contributed by atoms with Crippen molar-refractivity contribution in [2.45, 2.75) is 58.8 Å². The van der Waals surface area contributed by atoms with Gasteiger partial charge in [-0.1, -0.05) is 20.3 Å². The van der Waals surface area contributed by atoms with Gasteiger partial charge in [0.2, 0.25) is 5.91 Å². The molecule has 0 aromatic heterocycles. The molecule has 0 aliphatic heterocycles. The van der Waals surface area contributed by atoms with Gasteiger partial charge >= 0.3 is 0 Å². The average Bonchev–Trinajstić information content (AvgIpc) is 2.37. The molecule has 1 saturated carbocycles. The summed E-state index contributed by atoms with van der Waals surface area (Å²) in [5.74, 6) is 2.59. The third-order valence-corrected chi connectivity index (χ3v) is 4.38. The Hall–Kier alpha value is -0.240. The van der Waals surface area contributed by atoms with E-state index in [-0.39, 0.29) is 11.8 Å². The third-order valence-electron chi connectivity index (χ3n) is 4.17. The van der Waals surface area contributed by atoms with Crippen molar-refractivity contribution >= 4 is 17.5 Å². The summed E-state index contributed by atoms with van der Waals surface area (Å²) in [7, 11) is 0. The molecule has 1 aliphatic rings. The van der Waals surface area contributed by atoms with Crippen molar-refractivity contribution in [1.29, 1.82) is 0 Å².